The van der Waals surface area contributed by atoms with Gasteiger partial charge in [0, 0.05) is 24.7 Å². The highest BCUT2D eigenvalue weighted by atomic mass is 35.5. The molecule has 1 aromatic heterocycles. The van der Waals surface area contributed by atoms with Crippen molar-refractivity contribution in [1.29, 1.82) is 0 Å². The molecule has 0 radical (unpaired) electrons. The molecule has 2 heterocycles. The number of hydrogen-bond donors (Lipinski definition) is 1. The van der Waals surface area contributed by atoms with Crippen molar-refractivity contribution in [3.05, 3.63) is 46.1 Å². The van der Waals surface area contributed by atoms with Gasteiger partial charge in [0.15, 0.2) is 5.69 Å². The molecule has 1 aromatic carbocycles. The summed E-state index contributed by atoms with van der Waals surface area (Å²) in [5.74, 6) is -1.64. The minimum absolute atomic E-state index is 0.00368. The van der Waals surface area contributed by atoms with Gasteiger partial charge >= 0.3 is 12.1 Å². The number of aromatic nitrogens is 2. The lowest BCUT2D eigenvalue weighted by molar-refractivity contribution is -0.142. The summed E-state index contributed by atoms with van der Waals surface area (Å²) in [6.07, 6.45) is -4.23. The van der Waals surface area contributed by atoms with Crippen molar-refractivity contribution in [3.8, 4) is 0 Å². The number of nitrogens with zero attached hydrogens (tertiary/aromatic N) is 3. The second-order valence-corrected chi connectivity index (χ2v) is 5.91. The first-order valence-electron chi connectivity index (χ1n) is 7.18. The van der Waals surface area contributed by atoms with Crippen molar-refractivity contribution < 1.29 is 23.1 Å². The molecule has 0 amide bonds. The first-order chi connectivity index (χ1) is 11.3. The molecule has 24 heavy (non-hydrogen) atoms. The first-order valence-corrected chi connectivity index (χ1v) is 7.56. The second kappa shape index (κ2) is 6.01. The number of benzene rings is 1. The molecule has 0 fully saturated rings. The van der Waals surface area contributed by atoms with E-state index in [0.29, 0.717) is 18.0 Å². The van der Waals surface area contributed by atoms with Crippen molar-refractivity contribution in [2.75, 3.05) is 11.4 Å². The molecule has 0 bridgehead atoms. The highest BCUT2D eigenvalue weighted by Crippen LogP contribution is 2.38. The number of aryl methyl sites for hydroxylation is 1. The average molecular weight is 360 g/mol. The summed E-state index contributed by atoms with van der Waals surface area (Å²) in [4.78, 5) is 13.1. The molecule has 1 N–H and O–H groups in total. The van der Waals surface area contributed by atoms with E-state index in [2.05, 4.69) is 5.10 Å². The van der Waals surface area contributed by atoms with Crippen LogP contribution in [0.25, 0.3) is 0 Å². The summed E-state index contributed by atoms with van der Waals surface area (Å²) in [6.45, 7) is 0.981. The first kappa shape index (κ1) is 16.6. The fraction of sp³-hybridized carbons (Fsp3) is 0.333. The van der Waals surface area contributed by atoms with E-state index < -0.39 is 23.4 Å². The standard InChI is InChI=1S/C15H13ClF3N3O2/c16-10-4-2-9(3-5-10)8-21-6-1-7-22-13(21)11(14(23)24)12(20-22)15(17,18)19/h2-5H,1,6-8H2,(H,23,24). The summed E-state index contributed by atoms with van der Waals surface area (Å²) in [7, 11) is 0. The fourth-order valence-electron chi connectivity index (χ4n) is 2.81. The van der Waals surface area contributed by atoms with Crippen LogP contribution in [0.1, 0.15) is 28.0 Å². The van der Waals surface area contributed by atoms with Gasteiger partial charge in [0.1, 0.15) is 11.4 Å². The van der Waals surface area contributed by atoms with Crippen LogP contribution in [-0.2, 0) is 19.3 Å². The van der Waals surface area contributed by atoms with Crippen LogP contribution in [0.4, 0.5) is 19.0 Å². The molecule has 0 spiro atoms. The molecule has 9 heteroatoms. The molecule has 5 nitrogen and oxygen atoms in total. The topological polar surface area (TPSA) is 58.4 Å². The van der Waals surface area contributed by atoms with Crippen LogP contribution in [0.3, 0.4) is 0 Å². The van der Waals surface area contributed by atoms with Gasteiger partial charge in [-0.2, -0.15) is 18.3 Å². The van der Waals surface area contributed by atoms with E-state index in [9.17, 15) is 23.1 Å². The predicted molar refractivity (Wildman–Crippen MR) is 81.3 cm³/mol. The molecule has 2 aromatic rings. The lowest BCUT2D eigenvalue weighted by atomic mass is 10.1. The molecule has 128 valence electrons. The predicted octanol–water partition coefficient (Wildman–Crippen LogP) is 3.66. The number of halogens is 4. The van der Waals surface area contributed by atoms with E-state index in [0.717, 1.165) is 10.2 Å². The Morgan fingerprint density at radius 3 is 2.50 bits per heavy atom. The van der Waals surface area contributed by atoms with Crippen LogP contribution in [0, 0.1) is 0 Å². The number of hydrogen-bond acceptors (Lipinski definition) is 3. The minimum Gasteiger partial charge on any atom is -0.477 e. The van der Waals surface area contributed by atoms with Crippen molar-refractivity contribution in [2.45, 2.75) is 25.7 Å². The number of carboxylic acid groups (broad SMARTS) is 1. The van der Waals surface area contributed by atoms with Gasteiger partial charge in [-0.05, 0) is 24.1 Å². The maximum Gasteiger partial charge on any atom is 0.436 e. The fourth-order valence-corrected chi connectivity index (χ4v) is 2.93. The van der Waals surface area contributed by atoms with E-state index in [-0.39, 0.29) is 18.9 Å². The Hall–Kier alpha value is -2.22. The molecule has 0 saturated carbocycles. The van der Waals surface area contributed by atoms with Crippen LogP contribution in [0.15, 0.2) is 24.3 Å². The highest BCUT2D eigenvalue weighted by molar-refractivity contribution is 6.30. The zero-order chi connectivity index (χ0) is 17.5. The summed E-state index contributed by atoms with van der Waals surface area (Å²) >= 11 is 5.83. The zero-order valence-electron chi connectivity index (χ0n) is 12.3. The lowest BCUT2D eigenvalue weighted by Gasteiger charge is -2.30. The molecule has 0 unspecified atom stereocenters. The maximum absolute atomic E-state index is 13.1. The Bertz CT molecular complexity index is 772. The maximum atomic E-state index is 13.1. The van der Waals surface area contributed by atoms with Crippen LogP contribution >= 0.6 is 11.6 Å². The number of carboxylic acids is 1. The van der Waals surface area contributed by atoms with Gasteiger partial charge in [0.2, 0.25) is 0 Å². The minimum atomic E-state index is -4.82. The second-order valence-electron chi connectivity index (χ2n) is 5.47. The van der Waals surface area contributed by atoms with Crippen molar-refractivity contribution in [3.63, 3.8) is 0 Å². The molecular weight excluding hydrogens is 347 g/mol. The lowest BCUT2D eigenvalue weighted by Crippen LogP contribution is -2.33. The molecule has 0 saturated heterocycles. The van der Waals surface area contributed by atoms with Gasteiger partial charge in [-0.25, -0.2) is 9.48 Å². The quantitative estimate of drug-likeness (QED) is 0.908. The largest absolute Gasteiger partial charge is 0.477 e. The van der Waals surface area contributed by atoms with Gasteiger partial charge in [0.05, 0.1) is 0 Å². The Kier molecular flexibility index (Phi) is 4.16. The molecular formula is C15H13ClF3N3O2. The molecule has 1 aliphatic heterocycles. The number of fused-ring (bicyclic) bond motifs is 1. The van der Waals surface area contributed by atoms with E-state index in [1.807, 2.05) is 0 Å². The van der Waals surface area contributed by atoms with Gasteiger partial charge in [-0.1, -0.05) is 23.7 Å². The van der Waals surface area contributed by atoms with Crippen molar-refractivity contribution >= 4 is 23.4 Å². The van der Waals surface area contributed by atoms with Crippen LogP contribution in [-0.4, -0.2) is 27.4 Å². The summed E-state index contributed by atoms with van der Waals surface area (Å²) in [5, 5.41) is 13.3. The third-order valence-electron chi connectivity index (χ3n) is 3.79. The van der Waals surface area contributed by atoms with Gasteiger partial charge < -0.3 is 10.0 Å². The third-order valence-corrected chi connectivity index (χ3v) is 4.04. The van der Waals surface area contributed by atoms with E-state index in [4.69, 9.17) is 11.6 Å². The smallest absolute Gasteiger partial charge is 0.436 e. The van der Waals surface area contributed by atoms with Crippen molar-refractivity contribution in [2.24, 2.45) is 0 Å². The number of alkyl halides is 3. The normalized spacial score (nSPS) is 14.6. The number of carbonyl (C=O) groups is 1. The van der Waals surface area contributed by atoms with Crippen LogP contribution in [0.5, 0.6) is 0 Å². The summed E-state index contributed by atoms with van der Waals surface area (Å²) in [6, 6.07) is 6.86. The Labute approximate surface area is 140 Å². The van der Waals surface area contributed by atoms with Crippen LogP contribution < -0.4 is 4.90 Å². The van der Waals surface area contributed by atoms with E-state index in [1.54, 1.807) is 29.2 Å². The SMILES string of the molecule is O=C(O)c1c(C(F)(F)F)nn2c1N(Cc1ccc(Cl)cc1)CCC2. The monoisotopic (exact) mass is 359 g/mol. The number of aromatic carboxylic acids is 1. The third kappa shape index (κ3) is 3.06. The number of anilines is 1. The zero-order valence-corrected chi connectivity index (χ0v) is 13.1. The Morgan fingerprint density at radius 1 is 1.25 bits per heavy atom. The van der Waals surface area contributed by atoms with E-state index >= 15 is 0 Å². The van der Waals surface area contributed by atoms with Gasteiger partial charge in [-0.15, -0.1) is 0 Å². The van der Waals surface area contributed by atoms with Crippen molar-refractivity contribution in [1.82, 2.24) is 9.78 Å². The highest BCUT2D eigenvalue weighted by Gasteiger charge is 2.43. The summed E-state index contributed by atoms with van der Waals surface area (Å²) < 4.78 is 40.5. The molecule has 0 atom stereocenters. The van der Waals surface area contributed by atoms with Crippen LogP contribution in [0.2, 0.25) is 5.02 Å². The van der Waals surface area contributed by atoms with E-state index in [1.165, 1.54) is 0 Å². The van der Waals surface area contributed by atoms with Gasteiger partial charge in [-0.3, -0.25) is 0 Å². The molecule has 0 aliphatic carbocycles. The number of rotatable bonds is 3. The molecule has 3 rings (SSSR count). The average Bonchev–Trinajstić information content (AvgIpc) is 2.90. The van der Waals surface area contributed by atoms with Gasteiger partial charge in [0.25, 0.3) is 0 Å². The Morgan fingerprint density at radius 2 is 1.92 bits per heavy atom. The Balaban J connectivity index is 2.04. The summed E-state index contributed by atoms with van der Waals surface area (Å²) in [5.41, 5.74) is -1.33. The molecule has 1 aliphatic rings.